The molecule has 0 spiro atoms. The van der Waals surface area contributed by atoms with Crippen LogP contribution >= 0.6 is 0 Å². The zero-order valence-corrected chi connectivity index (χ0v) is 19.0. The molecule has 0 atom stereocenters. The number of hydrogen-bond acceptors (Lipinski definition) is 4. The molecule has 0 heterocycles. The van der Waals surface area contributed by atoms with E-state index < -0.39 is 27.5 Å². The highest BCUT2D eigenvalue weighted by Gasteiger charge is 2.36. The van der Waals surface area contributed by atoms with Crippen LogP contribution in [0.25, 0.3) is 0 Å². The molecule has 0 aliphatic rings. The standard InChI is InChI=1S/C22H27F3N2O4S/c1-16-10-11-20(17(2)15-16)31-14-12-26-21(28)9-6-13-27(32(3,29)30)19-8-5-4-7-18(19)22(23,24)25/h4-5,7-8,10-11,15H,6,9,12-14H2,1-3H3,(H,26,28). The predicted octanol–water partition coefficient (Wildman–Crippen LogP) is 4.06. The molecule has 0 aliphatic heterocycles. The second kappa shape index (κ2) is 10.7. The number of carbonyl (C=O) groups excluding carboxylic acids is 1. The molecule has 2 aromatic carbocycles. The van der Waals surface area contributed by atoms with Crippen LogP contribution in [-0.2, 0) is 21.0 Å². The van der Waals surface area contributed by atoms with Crippen molar-refractivity contribution in [2.75, 3.05) is 30.3 Å². The van der Waals surface area contributed by atoms with Crippen LogP contribution in [-0.4, -0.2) is 40.3 Å². The van der Waals surface area contributed by atoms with Crippen LogP contribution < -0.4 is 14.4 Å². The molecule has 6 nitrogen and oxygen atoms in total. The highest BCUT2D eigenvalue weighted by atomic mass is 32.2. The first-order valence-corrected chi connectivity index (χ1v) is 11.8. The Bertz CT molecular complexity index is 1040. The molecule has 0 aromatic heterocycles. The third-order valence-electron chi connectivity index (χ3n) is 4.66. The lowest BCUT2D eigenvalue weighted by Gasteiger charge is -2.25. The van der Waals surface area contributed by atoms with E-state index in [0.717, 1.165) is 35.3 Å². The number of rotatable bonds is 10. The average molecular weight is 473 g/mol. The molecule has 0 radical (unpaired) electrons. The summed E-state index contributed by atoms with van der Waals surface area (Å²) in [6.45, 7) is 4.15. The molecular weight excluding hydrogens is 445 g/mol. The Morgan fingerprint density at radius 2 is 1.81 bits per heavy atom. The fourth-order valence-corrected chi connectivity index (χ4v) is 4.16. The summed E-state index contributed by atoms with van der Waals surface area (Å²) in [5.41, 5.74) is 0.601. The van der Waals surface area contributed by atoms with Gasteiger partial charge in [-0.1, -0.05) is 29.8 Å². The zero-order valence-electron chi connectivity index (χ0n) is 18.2. The van der Waals surface area contributed by atoms with Gasteiger partial charge in [-0.2, -0.15) is 13.2 Å². The monoisotopic (exact) mass is 472 g/mol. The van der Waals surface area contributed by atoms with Crippen molar-refractivity contribution in [3.63, 3.8) is 0 Å². The quantitative estimate of drug-likeness (QED) is 0.529. The van der Waals surface area contributed by atoms with Gasteiger partial charge in [-0.3, -0.25) is 9.10 Å². The molecule has 32 heavy (non-hydrogen) atoms. The maximum absolute atomic E-state index is 13.3. The van der Waals surface area contributed by atoms with Crippen LogP contribution in [0, 0.1) is 13.8 Å². The van der Waals surface area contributed by atoms with Gasteiger partial charge in [-0.15, -0.1) is 0 Å². The second-order valence-corrected chi connectivity index (χ2v) is 9.33. The zero-order chi connectivity index (χ0) is 23.9. The van der Waals surface area contributed by atoms with E-state index in [9.17, 15) is 26.4 Å². The van der Waals surface area contributed by atoms with Gasteiger partial charge in [0, 0.05) is 13.0 Å². The first kappa shape index (κ1) is 25.5. The molecule has 176 valence electrons. The van der Waals surface area contributed by atoms with Gasteiger partial charge in [0.05, 0.1) is 24.1 Å². The van der Waals surface area contributed by atoms with Crippen LogP contribution in [0.2, 0.25) is 0 Å². The van der Waals surface area contributed by atoms with Gasteiger partial charge in [0.1, 0.15) is 12.4 Å². The third kappa shape index (κ3) is 7.44. The van der Waals surface area contributed by atoms with Gasteiger partial charge in [0.2, 0.25) is 15.9 Å². The molecule has 0 fully saturated rings. The lowest BCUT2D eigenvalue weighted by Crippen LogP contribution is -2.34. The highest BCUT2D eigenvalue weighted by molar-refractivity contribution is 7.92. The Kier molecular flexibility index (Phi) is 8.54. The molecule has 0 aliphatic carbocycles. The van der Waals surface area contributed by atoms with Crippen molar-refractivity contribution < 1.29 is 31.1 Å². The SMILES string of the molecule is Cc1ccc(OCCNC(=O)CCCN(c2ccccc2C(F)(F)F)S(C)(=O)=O)c(C)c1. The molecule has 0 saturated heterocycles. The summed E-state index contributed by atoms with van der Waals surface area (Å²) in [6, 6.07) is 10.2. The fourth-order valence-electron chi connectivity index (χ4n) is 3.18. The summed E-state index contributed by atoms with van der Waals surface area (Å²) in [4.78, 5) is 12.0. The maximum atomic E-state index is 13.3. The first-order valence-electron chi connectivity index (χ1n) is 10.0. The first-order chi connectivity index (χ1) is 14.9. The molecule has 2 rings (SSSR count). The van der Waals surface area contributed by atoms with E-state index in [1.165, 1.54) is 12.1 Å². The van der Waals surface area contributed by atoms with Crippen molar-refractivity contribution in [2.45, 2.75) is 32.9 Å². The van der Waals surface area contributed by atoms with Crippen LogP contribution in [0.1, 0.15) is 29.5 Å². The lowest BCUT2D eigenvalue weighted by molar-refractivity contribution is -0.137. The van der Waals surface area contributed by atoms with Crippen molar-refractivity contribution in [2.24, 2.45) is 0 Å². The van der Waals surface area contributed by atoms with E-state index >= 15 is 0 Å². The van der Waals surface area contributed by atoms with Crippen LogP contribution in [0.5, 0.6) is 5.75 Å². The number of carbonyl (C=O) groups is 1. The summed E-state index contributed by atoms with van der Waals surface area (Å²) in [6.07, 6.45) is -3.84. The van der Waals surface area contributed by atoms with Gasteiger partial charge in [0.25, 0.3) is 0 Å². The number of ether oxygens (including phenoxy) is 1. The minimum atomic E-state index is -4.70. The van der Waals surface area contributed by atoms with Gasteiger partial charge in [-0.05, 0) is 44.0 Å². The minimum absolute atomic E-state index is 0.0379. The normalized spacial score (nSPS) is 11.8. The number of sulfonamides is 1. The number of alkyl halides is 3. The van der Waals surface area contributed by atoms with Gasteiger partial charge < -0.3 is 10.1 Å². The number of amides is 1. The molecule has 0 saturated carbocycles. The van der Waals surface area contributed by atoms with Crippen molar-refractivity contribution >= 4 is 21.6 Å². The molecule has 1 amide bonds. The van der Waals surface area contributed by atoms with Crippen molar-refractivity contribution in [3.05, 3.63) is 59.2 Å². The number of aryl methyl sites for hydroxylation is 2. The topological polar surface area (TPSA) is 75.7 Å². The van der Waals surface area contributed by atoms with E-state index in [0.29, 0.717) is 4.31 Å². The Labute approximate surface area is 186 Å². The summed E-state index contributed by atoms with van der Waals surface area (Å²) in [7, 11) is -3.98. The number of hydrogen-bond donors (Lipinski definition) is 1. The molecule has 10 heteroatoms. The number of nitrogens with zero attached hydrogens (tertiary/aromatic N) is 1. The van der Waals surface area contributed by atoms with E-state index in [4.69, 9.17) is 4.74 Å². The summed E-state index contributed by atoms with van der Waals surface area (Å²) in [5.74, 6) is 0.378. The van der Waals surface area contributed by atoms with Crippen LogP contribution in [0.15, 0.2) is 42.5 Å². The fraction of sp³-hybridized carbons (Fsp3) is 0.409. The van der Waals surface area contributed by atoms with Gasteiger partial charge >= 0.3 is 6.18 Å². The lowest BCUT2D eigenvalue weighted by atomic mass is 10.1. The van der Waals surface area contributed by atoms with Crippen molar-refractivity contribution in [3.8, 4) is 5.75 Å². The van der Waals surface area contributed by atoms with E-state index in [2.05, 4.69) is 5.32 Å². The van der Waals surface area contributed by atoms with Crippen molar-refractivity contribution in [1.82, 2.24) is 5.32 Å². The highest BCUT2D eigenvalue weighted by Crippen LogP contribution is 2.37. The summed E-state index contributed by atoms with van der Waals surface area (Å²) >= 11 is 0. The molecule has 0 unspecified atom stereocenters. The number of halogens is 3. The number of para-hydroxylation sites is 1. The Hall–Kier alpha value is -2.75. The Morgan fingerprint density at radius 3 is 2.44 bits per heavy atom. The van der Waals surface area contributed by atoms with E-state index in [-0.39, 0.29) is 38.4 Å². The van der Waals surface area contributed by atoms with Gasteiger partial charge in [0.15, 0.2) is 0 Å². The van der Waals surface area contributed by atoms with Gasteiger partial charge in [-0.25, -0.2) is 8.42 Å². The Balaban J connectivity index is 1.88. The number of benzene rings is 2. The number of anilines is 1. The maximum Gasteiger partial charge on any atom is 0.418 e. The Morgan fingerprint density at radius 1 is 1.12 bits per heavy atom. The molecule has 0 bridgehead atoms. The van der Waals surface area contributed by atoms with Crippen LogP contribution in [0.3, 0.4) is 0 Å². The van der Waals surface area contributed by atoms with E-state index in [1.54, 1.807) is 0 Å². The molecular formula is C22H27F3N2O4S. The minimum Gasteiger partial charge on any atom is -0.491 e. The summed E-state index contributed by atoms with van der Waals surface area (Å²) in [5, 5.41) is 2.66. The smallest absolute Gasteiger partial charge is 0.418 e. The van der Waals surface area contributed by atoms with E-state index in [1.807, 2.05) is 32.0 Å². The molecule has 2 aromatic rings. The van der Waals surface area contributed by atoms with Crippen molar-refractivity contribution in [1.29, 1.82) is 0 Å². The number of nitrogens with one attached hydrogen (secondary N) is 1. The second-order valence-electron chi connectivity index (χ2n) is 7.42. The summed E-state index contributed by atoms with van der Waals surface area (Å²) < 4.78 is 70.4. The largest absolute Gasteiger partial charge is 0.491 e. The third-order valence-corrected chi connectivity index (χ3v) is 5.84. The molecule has 1 N–H and O–H groups in total. The van der Waals surface area contributed by atoms with Crippen LogP contribution in [0.4, 0.5) is 18.9 Å². The average Bonchev–Trinajstić information content (AvgIpc) is 2.68. The predicted molar refractivity (Wildman–Crippen MR) is 117 cm³/mol.